The molecular weight excluding hydrogens is 368 g/mol. The van der Waals surface area contributed by atoms with Crippen LogP contribution < -0.4 is 4.31 Å². The summed E-state index contributed by atoms with van der Waals surface area (Å²) in [5.41, 5.74) is 1.07. The van der Waals surface area contributed by atoms with Crippen LogP contribution in [0, 0.1) is 18.6 Å². The number of anilines is 1. The number of nitrogens with zero attached hydrogens (tertiary/aromatic N) is 1. The molecule has 0 saturated carbocycles. The van der Waals surface area contributed by atoms with Gasteiger partial charge in [-0.25, -0.2) is 17.2 Å². The lowest BCUT2D eigenvalue weighted by atomic mass is 10.1. The second kappa shape index (κ2) is 7.48. The Labute approximate surface area is 157 Å². The maximum Gasteiger partial charge on any atom is 0.265 e. The van der Waals surface area contributed by atoms with E-state index in [1.807, 2.05) is 0 Å². The fourth-order valence-electron chi connectivity index (χ4n) is 3.05. The summed E-state index contributed by atoms with van der Waals surface area (Å²) in [7, 11) is -4.02. The van der Waals surface area contributed by atoms with Crippen LogP contribution >= 0.6 is 0 Å². The molecule has 0 unspecified atom stereocenters. The van der Waals surface area contributed by atoms with E-state index in [1.165, 1.54) is 36.4 Å². The standard InChI is InChI=1S/C21H19F2NO2S/c1-15-7-3-6-10-21(15)27(25,26)24(18-13-11-17(22)12-14-18)16(2)19-8-4-5-9-20(19)23/h3-14,16H,1-2H3/t16-/m0/s1. The van der Waals surface area contributed by atoms with Crippen molar-refractivity contribution in [2.75, 3.05) is 4.31 Å². The minimum Gasteiger partial charge on any atom is -0.259 e. The van der Waals surface area contributed by atoms with Gasteiger partial charge in [0, 0.05) is 5.56 Å². The SMILES string of the molecule is Cc1ccccc1S(=O)(=O)N(c1ccc(F)cc1)[C@@H](C)c1ccccc1F. The van der Waals surface area contributed by atoms with Gasteiger partial charge in [0.1, 0.15) is 11.6 Å². The molecule has 27 heavy (non-hydrogen) atoms. The number of halogens is 2. The van der Waals surface area contributed by atoms with Crippen LogP contribution in [0.1, 0.15) is 24.1 Å². The van der Waals surface area contributed by atoms with E-state index in [9.17, 15) is 17.2 Å². The average molecular weight is 387 g/mol. The monoisotopic (exact) mass is 387 g/mol. The zero-order valence-corrected chi connectivity index (χ0v) is 15.7. The van der Waals surface area contributed by atoms with Crippen LogP contribution in [0.3, 0.4) is 0 Å². The molecular formula is C21H19F2NO2S. The number of hydrogen-bond acceptors (Lipinski definition) is 2. The van der Waals surface area contributed by atoms with Gasteiger partial charge in [0.15, 0.2) is 0 Å². The van der Waals surface area contributed by atoms with Gasteiger partial charge in [-0.3, -0.25) is 4.31 Å². The summed E-state index contributed by atoms with van der Waals surface area (Å²) in [6, 6.07) is 16.9. The van der Waals surface area contributed by atoms with Crippen molar-refractivity contribution in [1.82, 2.24) is 0 Å². The van der Waals surface area contributed by atoms with Crippen molar-refractivity contribution in [2.24, 2.45) is 0 Å². The van der Waals surface area contributed by atoms with Crippen LogP contribution in [0.25, 0.3) is 0 Å². The van der Waals surface area contributed by atoms with Crippen molar-refractivity contribution in [3.05, 3.63) is 95.6 Å². The second-order valence-corrected chi connectivity index (χ2v) is 8.02. The molecule has 0 aliphatic carbocycles. The van der Waals surface area contributed by atoms with Crippen molar-refractivity contribution in [1.29, 1.82) is 0 Å². The van der Waals surface area contributed by atoms with Crippen molar-refractivity contribution >= 4 is 15.7 Å². The zero-order chi connectivity index (χ0) is 19.6. The molecule has 0 aliphatic rings. The molecule has 3 aromatic rings. The lowest BCUT2D eigenvalue weighted by Crippen LogP contribution is -2.34. The van der Waals surface area contributed by atoms with Crippen LogP contribution in [0.4, 0.5) is 14.5 Å². The van der Waals surface area contributed by atoms with Crippen LogP contribution in [-0.2, 0) is 10.0 Å². The Hall–Kier alpha value is -2.73. The first kappa shape index (κ1) is 19.0. The van der Waals surface area contributed by atoms with Crippen LogP contribution in [-0.4, -0.2) is 8.42 Å². The van der Waals surface area contributed by atoms with E-state index >= 15 is 0 Å². The van der Waals surface area contributed by atoms with Crippen molar-refractivity contribution < 1.29 is 17.2 Å². The van der Waals surface area contributed by atoms with Crippen molar-refractivity contribution in [2.45, 2.75) is 24.8 Å². The van der Waals surface area contributed by atoms with Gasteiger partial charge in [0.05, 0.1) is 16.6 Å². The first-order chi connectivity index (χ1) is 12.8. The average Bonchev–Trinajstić information content (AvgIpc) is 2.64. The van der Waals surface area contributed by atoms with Crippen molar-refractivity contribution in [3.8, 4) is 0 Å². The second-order valence-electron chi connectivity index (χ2n) is 6.24. The summed E-state index contributed by atoms with van der Waals surface area (Å²) in [4.78, 5) is 0.123. The lowest BCUT2D eigenvalue weighted by Gasteiger charge is -2.31. The quantitative estimate of drug-likeness (QED) is 0.601. The zero-order valence-electron chi connectivity index (χ0n) is 14.9. The lowest BCUT2D eigenvalue weighted by molar-refractivity contribution is 0.568. The Bertz CT molecular complexity index is 1050. The highest BCUT2D eigenvalue weighted by Crippen LogP contribution is 2.35. The van der Waals surface area contributed by atoms with Gasteiger partial charge in [-0.05, 0) is 55.8 Å². The first-order valence-corrected chi connectivity index (χ1v) is 9.86. The smallest absolute Gasteiger partial charge is 0.259 e. The normalized spacial score (nSPS) is 12.6. The fraction of sp³-hybridized carbons (Fsp3) is 0.143. The van der Waals surface area contributed by atoms with E-state index in [2.05, 4.69) is 0 Å². The summed E-state index contributed by atoms with van der Waals surface area (Å²) in [6.45, 7) is 3.31. The van der Waals surface area contributed by atoms with Crippen molar-refractivity contribution in [3.63, 3.8) is 0 Å². The minimum atomic E-state index is -4.02. The molecule has 0 heterocycles. The van der Waals surface area contributed by atoms with E-state index in [-0.39, 0.29) is 16.1 Å². The van der Waals surface area contributed by atoms with E-state index in [0.29, 0.717) is 5.56 Å². The molecule has 1 atom stereocenters. The van der Waals surface area contributed by atoms with E-state index in [1.54, 1.807) is 50.2 Å². The molecule has 3 aromatic carbocycles. The molecule has 0 N–H and O–H groups in total. The predicted molar refractivity (Wildman–Crippen MR) is 102 cm³/mol. The Morgan fingerprint density at radius 2 is 1.44 bits per heavy atom. The molecule has 0 amide bonds. The molecule has 3 nitrogen and oxygen atoms in total. The van der Waals surface area contributed by atoms with Gasteiger partial charge in [-0.2, -0.15) is 0 Å². The minimum absolute atomic E-state index is 0.123. The van der Waals surface area contributed by atoms with Crippen LogP contribution in [0.15, 0.2) is 77.7 Å². The Kier molecular flexibility index (Phi) is 5.28. The highest BCUT2D eigenvalue weighted by molar-refractivity contribution is 7.92. The largest absolute Gasteiger partial charge is 0.265 e. The van der Waals surface area contributed by atoms with Crippen LogP contribution in [0.2, 0.25) is 0 Å². The number of benzene rings is 3. The Morgan fingerprint density at radius 3 is 2.07 bits per heavy atom. The molecule has 0 radical (unpaired) electrons. The maximum atomic E-state index is 14.4. The molecule has 140 valence electrons. The van der Waals surface area contributed by atoms with Gasteiger partial charge in [-0.15, -0.1) is 0 Å². The number of hydrogen-bond donors (Lipinski definition) is 0. The topological polar surface area (TPSA) is 37.4 Å². The number of aryl methyl sites for hydroxylation is 1. The highest BCUT2D eigenvalue weighted by Gasteiger charge is 2.32. The summed E-state index contributed by atoms with van der Waals surface area (Å²) >= 11 is 0. The summed E-state index contributed by atoms with van der Waals surface area (Å²) in [5.74, 6) is -0.984. The highest BCUT2D eigenvalue weighted by atomic mass is 32.2. The Morgan fingerprint density at radius 1 is 0.852 bits per heavy atom. The van der Waals surface area contributed by atoms with E-state index < -0.39 is 27.7 Å². The van der Waals surface area contributed by atoms with Gasteiger partial charge >= 0.3 is 0 Å². The predicted octanol–water partition coefficient (Wildman–Crippen LogP) is 5.23. The molecule has 3 rings (SSSR count). The molecule has 0 fully saturated rings. The number of rotatable bonds is 5. The first-order valence-electron chi connectivity index (χ1n) is 8.42. The fourth-order valence-corrected chi connectivity index (χ4v) is 4.92. The summed E-state index contributed by atoms with van der Waals surface area (Å²) in [6.07, 6.45) is 0. The maximum absolute atomic E-state index is 14.4. The third kappa shape index (κ3) is 3.71. The molecule has 0 spiro atoms. The van der Waals surface area contributed by atoms with Gasteiger partial charge in [0.2, 0.25) is 0 Å². The third-order valence-electron chi connectivity index (χ3n) is 4.42. The van der Waals surface area contributed by atoms with Crippen LogP contribution in [0.5, 0.6) is 0 Å². The van der Waals surface area contributed by atoms with Gasteiger partial charge in [-0.1, -0.05) is 36.4 Å². The molecule has 0 bridgehead atoms. The third-order valence-corrected chi connectivity index (χ3v) is 6.48. The van der Waals surface area contributed by atoms with E-state index in [0.717, 1.165) is 4.31 Å². The summed E-state index contributed by atoms with van der Waals surface area (Å²) < 4.78 is 55.8. The molecule has 6 heteroatoms. The van der Waals surface area contributed by atoms with Gasteiger partial charge in [0.25, 0.3) is 10.0 Å². The molecule has 0 aromatic heterocycles. The molecule has 0 aliphatic heterocycles. The molecule has 0 saturated heterocycles. The number of sulfonamides is 1. The summed E-state index contributed by atoms with van der Waals surface area (Å²) in [5, 5.41) is 0. The van der Waals surface area contributed by atoms with E-state index in [4.69, 9.17) is 0 Å². The van der Waals surface area contributed by atoms with Gasteiger partial charge < -0.3 is 0 Å². The Balaban J connectivity index is 2.21.